The Hall–Kier alpha value is -0.860. The molecule has 2 heteroatoms. The number of benzene rings is 1. The van der Waals surface area contributed by atoms with Gasteiger partial charge in [-0.25, -0.2) is 0 Å². The fourth-order valence-corrected chi connectivity index (χ4v) is 2.48. The molecule has 1 unspecified atom stereocenters. The quantitative estimate of drug-likeness (QED) is 0.647. The van der Waals surface area contributed by atoms with E-state index in [2.05, 4.69) is 68.4 Å². The van der Waals surface area contributed by atoms with Gasteiger partial charge in [0.15, 0.2) is 0 Å². The second kappa shape index (κ2) is 9.95. The number of rotatable bonds is 10. The molecular weight excluding hydrogens is 244 g/mol. The second-order valence-electron chi connectivity index (χ2n) is 6.17. The average Bonchev–Trinajstić information content (AvgIpc) is 2.44. The van der Waals surface area contributed by atoms with Crippen molar-refractivity contribution in [3.63, 3.8) is 0 Å². The van der Waals surface area contributed by atoms with Crippen LogP contribution in [-0.4, -0.2) is 31.6 Å². The molecule has 0 aromatic heterocycles. The van der Waals surface area contributed by atoms with Crippen LogP contribution in [0.2, 0.25) is 0 Å². The maximum atomic E-state index is 3.61. The van der Waals surface area contributed by atoms with Gasteiger partial charge in [0.05, 0.1) is 0 Å². The molecule has 0 aliphatic rings. The summed E-state index contributed by atoms with van der Waals surface area (Å²) in [5, 5.41) is 3.61. The third kappa shape index (κ3) is 6.53. The SMILES string of the molecule is CCCCCN(C)C(CNCC(C)C)c1ccccc1. The highest BCUT2D eigenvalue weighted by Gasteiger charge is 2.16. The van der Waals surface area contributed by atoms with Gasteiger partial charge in [0, 0.05) is 12.6 Å². The minimum Gasteiger partial charge on any atom is -0.315 e. The summed E-state index contributed by atoms with van der Waals surface area (Å²) < 4.78 is 0. The number of hydrogen-bond acceptors (Lipinski definition) is 2. The zero-order valence-corrected chi connectivity index (χ0v) is 13.7. The van der Waals surface area contributed by atoms with E-state index in [-0.39, 0.29) is 0 Å². The van der Waals surface area contributed by atoms with Gasteiger partial charge in [-0.1, -0.05) is 63.9 Å². The van der Waals surface area contributed by atoms with Gasteiger partial charge in [-0.2, -0.15) is 0 Å². The molecule has 1 aromatic rings. The number of nitrogens with one attached hydrogen (secondary N) is 1. The van der Waals surface area contributed by atoms with Gasteiger partial charge in [0.25, 0.3) is 0 Å². The lowest BCUT2D eigenvalue weighted by Crippen LogP contribution is -2.35. The van der Waals surface area contributed by atoms with Crippen molar-refractivity contribution in [1.29, 1.82) is 0 Å². The van der Waals surface area contributed by atoms with Crippen LogP contribution in [0, 0.1) is 5.92 Å². The minimum absolute atomic E-state index is 0.479. The summed E-state index contributed by atoms with van der Waals surface area (Å²) in [7, 11) is 2.25. The molecule has 0 saturated heterocycles. The molecule has 1 aromatic carbocycles. The predicted octanol–water partition coefficient (Wildman–Crippen LogP) is 4.10. The highest BCUT2D eigenvalue weighted by atomic mass is 15.1. The molecule has 114 valence electrons. The van der Waals surface area contributed by atoms with E-state index in [1.807, 2.05) is 0 Å². The van der Waals surface area contributed by atoms with E-state index in [4.69, 9.17) is 0 Å². The molecule has 0 fully saturated rings. The topological polar surface area (TPSA) is 15.3 Å². The van der Waals surface area contributed by atoms with E-state index in [1.165, 1.54) is 31.4 Å². The standard InChI is InChI=1S/C18H32N2/c1-5-6-10-13-20(4)18(15-19-14-16(2)3)17-11-8-7-9-12-17/h7-9,11-12,16,18-19H,5-6,10,13-15H2,1-4H3. The first-order valence-corrected chi connectivity index (χ1v) is 8.11. The Bertz CT molecular complexity index is 335. The predicted molar refractivity (Wildman–Crippen MR) is 89.0 cm³/mol. The molecule has 20 heavy (non-hydrogen) atoms. The molecule has 1 atom stereocenters. The van der Waals surface area contributed by atoms with E-state index in [0.29, 0.717) is 12.0 Å². The van der Waals surface area contributed by atoms with E-state index in [1.54, 1.807) is 0 Å². The summed E-state index contributed by atoms with van der Waals surface area (Å²) in [6, 6.07) is 11.4. The van der Waals surface area contributed by atoms with Crippen molar-refractivity contribution in [3.05, 3.63) is 35.9 Å². The monoisotopic (exact) mass is 276 g/mol. The van der Waals surface area contributed by atoms with Gasteiger partial charge in [-0.15, -0.1) is 0 Å². The van der Waals surface area contributed by atoms with Crippen LogP contribution in [0.5, 0.6) is 0 Å². The Morgan fingerprint density at radius 2 is 1.75 bits per heavy atom. The highest BCUT2D eigenvalue weighted by Crippen LogP contribution is 2.19. The van der Waals surface area contributed by atoms with Gasteiger partial charge in [0.2, 0.25) is 0 Å². The van der Waals surface area contributed by atoms with Crippen LogP contribution in [0.4, 0.5) is 0 Å². The Morgan fingerprint density at radius 3 is 2.35 bits per heavy atom. The van der Waals surface area contributed by atoms with Crippen molar-refractivity contribution in [2.45, 2.75) is 46.1 Å². The van der Waals surface area contributed by atoms with Crippen LogP contribution in [0.25, 0.3) is 0 Å². The average molecular weight is 276 g/mol. The van der Waals surface area contributed by atoms with Crippen molar-refractivity contribution in [2.24, 2.45) is 5.92 Å². The molecule has 1 N–H and O–H groups in total. The van der Waals surface area contributed by atoms with Crippen molar-refractivity contribution in [1.82, 2.24) is 10.2 Å². The third-order valence-electron chi connectivity index (χ3n) is 3.72. The van der Waals surface area contributed by atoms with Crippen LogP contribution in [0.3, 0.4) is 0 Å². The van der Waals surface area contributed by atoms with Crippen LogP contribution >= 0.6 is 0 Å². The van der Waals surface area contributed by atoms with Gasteiger partial charge in [0.1, 0.15) is 0 Å². The number of likely N-dealkylation sites (N-methyl/N-ethyl adjacent to an activating group) is 1. The second-order valence-corrected chi connectivity index (χ2v) is 6.17. The molecule has 2 nitrogen and oxygen atoms in total. The maximum Gasteiger partial charge on any atom is 0.0469 e. The fraction of sp³-hybridized carbons (Fsp3) is 0.667. The van der Waals surface area contributed by atoms with Crippen LogP contribution in [0.15, 0.2) is 30.3 Å². The molecule has 0 aliphatic heterocycles. The summed E-state index contributed by atoms with van der Waals surface area (Å²) >= 11 is 0. The van der Waals surface area contributed by atoms with Gasteiger partial charge in [-0.3, -0.25) is 4.90 Å². The smallest absolute Gasteiger partial charge is 0.0469 e. The summed E-state index contributed by atoms with van der Waals surface area (Å²) in [5.74, 6) is 0.705. The molecule has 0 bridgehead atoms. The first-order chi connectivity index (χ1) is 9.65. The zero-order valence-electron chi connectivity index (χ0n) is 13.7. The number of hydrogen-bond donors (Lipinski definition) is 1. The summed E-state index contributed by atoms with van der Waals surface area (Å²) in [4.78, 5) is 2.50. The Morgan fingerprint density at radius 1 is 1.05 bits per heavy atom. The number of unbranched alkanes of at least 4 members (excludes halogenated alkanes) is 2. The fourth-order valence-electron chi connectivity index (χ4n) is 2.48. The van der Waals surface area contributed by atoms with E-state index in [0.717, 1.165) is 13.1 Å². The lowest BCUT2D eigenvalue weighted by molar-refractivity contribution is 0.231. The molecule has 1 rings (SSSR count). The largest absolute Gasteiger partial charge is 0.315 e. The molecule has 0 saturated carbocycles. The molecule has 0 spiro atoms. The van der Waals surface area contributed by atoms with Gasteiger partial charge in [-0.05, 0) is 38.0 Å². The summed E-state index contributed by atoms with van der Waals surface area (Å²) in [5.41, 5.74) is 1.42. The molecule has 0 heterocycles. The highest BCUT2D eigenvalue weighted by molar-refractivity contribution is 5.19. The minimum atomic E-state index is 0.479. The third-order valence-corrected chi connectivity index (χ3v) is 3.72. The summed E-state index contributed by atoms with van der Waals surface area (Å²) in [6.07, 6.45) is 3.90. The van der Waals surface area contributed by atoms with E-state index >= 15 is 0 Å². The Labute approximate surface area is 125 Å². The Balaban J connectivity index is 2.59. The summed E-state index contributed by atoms with van der Waals surface area (Å²) in [6.45, 7) is 10.1. The molecule has 0 amide bonds. The molecule has 0 aliphatic carbocycles. The van der Waals surface area contributed by atoms with Crippen LogP contribution in [-0.2, 0) is 0 Å². The normalized spacial score (nSPS) is 13.1. The van der Waals surface area contributed by atoms with E-state index < -0.39 is 0 Å². The van der Waals surface area contributed by atoms with Crippen molar-refractivity contribution in [3.8, 4) is 0 Å². The molecular formula is C18H32N2. The first-order valence-electron chi connectivity index (χ1n) is 8.11. The van der Waals surface area contributed by atoms with Crippen molar-refractivity contribution >= 4 is 0 Å². The number of nitrogens with zero attached hydrogens (tertiary/aromatic N) is 1. The van der Waals surface area contributed by atoms with Gasteiger partial charge >= 0.3 is 0 Å². The maximum absolute atomic E-state index is 3.61. The van der Waals surface area contributed by atoms with E-state index in [9.17, 15) is 0 Å². The van der Waals surface area contributed by atoms with Crippen molar-refractivity contribution in [2.75, 3.05) is 26.7 Å². The van der Waals surface area contributed by atoms with Crippen molar-refractivity contribution < 1.29 is 0 Å². The van der Waals surface area contributed by atoms with Gasteiger partial charge < -0.3 is 5.32 Å². The lowest BCUT2D eigenvalue weighted by atomic mass is 10.0. The van der Waals surface area contributed by atoms with Crippen LogP contribution in [0.1, 0.15) is 51.6 Å². The lowest BCUT2D eigenvalue weighted by Gasteiger charge is -2.29. The zero-order chi connectivity index (χ0) is 14.8. The molecule has 0 radical (unpaired) electrons. The first kappa shape index (κ1) is 17.2. The van der Waals surface area contributed by atoms with Crippen LogP contribution < -0.4 is 5.32 Å². The Kier molecular flexibility index (Phi) is 8.56.